The number of hydrogen-bond acceptors (Lipinski definition) is 0. The fraction of sp³-hybridized carbons (Fsp3) is 0.130. The van der Waals surface area contributed by atoms with Crippen LogP contribution in [0.5, 0.6) is 0 Å². The first-order chi connectivity index (χ1) is 11.7. The zero-order valence-electron chi connectivity index (χ0n) is 13.8. The number of terminal acetylenes is 1. The van der Waals surface area contributed by atoms with Gasteiger partial charge in [0.25, 0.3) is 0 Å². The molecule has 117 valence electrons. The van der Waals surface area contributed by atoms with Crippen molar-refractivity contribution in [2.75, 3.05) is 0 Å². The molecule has 1 heteroatoms. The molecular weight excluding hydrogens is 308 g/mol. The molecule has 0 aliphatic heterocycles. The number of aryl methyl sites for hydroxylation is 1. The number of rotatable bonds is 4. The second-order valence-corrected chi connectivity index (χ2v) is 6.32. The van der Waals surface area contributed by atoms with Crippen molar-refractivity contribution >= 4 is 12.6 Å². The van der Waals surface area contributed by atoms with E-state index in [1.54, 1.807) is 0 Å². The lowest BCUT2D eigenvalue weighted by molar-refractivity contribution is 0.922. The molecule has 0 atom stereocenters. The molecule has 3 aromatic carbocycles. The smallest absolute Gasteiger partial charge is 0.0399 e. The van der Waals surface area contributed by atoms with Crippen LogP contribution in [-0.4, -0.2) is 0 Å². The average molecular weight is 327 g/mol. The van der Waals surface area contributed by atoms with Gasteiger partial charge < -0.3 is 0 Å². The molecule has 0 spiro atoms. The van der Waals surface area contributed by atoms with Crippen molar-refractivity contribution in [2.45, 2.75) is 24.7 Å². The number of benzene rings is 3. The van der Waals surface area contributed by atoms with Gasteiger partial charge in [-0.3, -0.25) is 0 Å². The summed E-state index contributed by atoms with van der Waals surface area (Å²) in [6.07, 6.45) is 8.13. The van der Waals surface area contributed by atoms with Crippen LogP contribution < -0.4 is 0 Å². The van der Waals surface area contributed by atoms with Crippen LogP contribution in [0, 0.1) is 12.3 Å². The van der Waals surface area contributed by atoms with Crippen LogP contribution in [0.4, 0.5) is 0 Å². The van der Waals surface area contributed by atoms with Crippen molar-refractivity contribution in [3.63, 3.8) is 0 Å². The third-order valence-electron chi connectivity index (χ3n) is 4.18. The van der Waals surface area contributed by atoms with Gasteiger partial charge in [-0.2, -0.15) is 0 Å². The van der Waals surface area contributed by atoms with Crippen molar-refractivity contribution in [1.29, 1.82) is 0 Å². The molecule has 0 saturated carbocycles. The Labute approximate surface area is 150 Å². The van der Waals surface area contributed by atoms with E-state index in [-0.39, 0.29) is 0 Å². The summed E-state index contributed by atoms with van der Waals surface area (Å²) in [5, 5.41) is 0. The molecule has 0 fully saturated rings. The first-order valence-electron chi connectivity index (χ1n) is 8.19. The average Bonchev–Trinajstić information content (AvgIpc) is 2.63. The second kappa shape index (κ2) is 7.34. The third-order valence-corrected chi connectivity index (χ3v) is 4.45. The quantitative estimate of drug-likeness (QED) is 0.479. The summed E-state index contributed by atoms with van der Waals surface area (Å²) < 4.78 is 0. The maximum atomic E-state index is 5.86. The molecule has 0 N–H and O–H groups in total. The van der Waals surface area contributed by atoms with E-state index in [4.69, 9.17) is 19.1 Å². The summed E-state index contributed by atoms with van der Waals surface area (Å²) in [6.45, 7) is 2.20. The summed E-state index contributed by atoms with van der Waals surface area (Å²) in [7, 11) is 0. The Morgan fingerprint density at radius 1 is 0.833 bits per heavy atom. The Morgan fingerprint density at radius 3 is 1.88 bits per heavy atom. The van der Waals surface area contributed by atoms with Gasteiger partial charge >= 0.3 is 0 Å². The minimum atomic E-state index is 0.837. The van der Waals surface area contributed by atoms with Crippen LogP contribution in [-0.2, 0) is 6.42 Å². The van der Waals surface area contributed by atoms with Crippen molar-refractivity contribution in [3.05, 3.63) is 77.9 Å². The van der Waals surface area contributed by atoms with Crippen molar-refractivity contribution in [1.82, 2.24) is 0 Å². The van der Waals surface area contributed by atoms with Crippen molar-refractivity contribution < 1.29 is 0 Å². The molecule has 0 aliphatic carbocycles. The second-order valence-electron chi connectivity index (χ2n) is 5.84. The van der Waals surface area contributed by atoms with Gasteiger partial charge in [-0.25, -0.2) is 0 Å². The van der Waals surface area contributed by atoms with Gasteiger partial charge in [-0.05, 0) is 46.4 Å². The molecule has 1 radical (unpaired) electrons. The SMILES string of the molecule is C#Cc1c(-c2ccc([S])cc2)cccc1-c1ccc(CCC)cc1. The minimum absolute atomic E-state index is 0.837. The van der Waals surface area contributed by atoms with Crippen LogP contribution in [0.1, 0.15) is 24.5 Å². The fourth-order valence-corrected chi connectivity index (χ4v) is 3.10. The van der Waals surface area contributed by atoms with Gasteiger partial charge in [0.15, 0.2) is 0 Å². The summed E-state index contributed by atoms with van der Waals surface area (Å²) in [4.78, 5) is 0.837. The highest BCUT2D eigenvalue weighted by Gasteiger charge is 2.10. The Kier molecular flexibility index (Phi) is 4.99. The Hall–Kier alpha value is -2.56. The van der Waals surface area contributed by atoms with E-state index in [9.17, 15) is 0 Å². The Bertz CT molecular complexity index is 865. The Morgan fingerprint density at radius 2 is 1.38 bits per heavy atom. The van der Waals surface area contributed by atoms with E-state index >= 15 is 0 Å². The third kappa shape index (κ3) is 3.35. The molecule has 0 unspecified atom stereocenters. The van der Waals surface area contributed by atoms with Crippen molar-refractivity contribution in [2.24, 2.45) is 0 Å². The summed E-state index contributed by atoms with van der Waals surface area (Å²) in [5.74, 6) is 2.89. The molecule has 0 saturated heterocycles. The highest BCUT2D eigenvalue weighted by atomic mass is 32.1. The summed E-state index contributed by atoms with van der Waals surface area (Å²) >= 11 is 5.18. The molecule has 0 aromatic heterocycles. The maximum absolute atomic E-state index is 5.86. The van der Waals surface area contributed by atoms with Gasteiger partial charge in [0.05, 0.1) is 0 Å². The summed E-state index contributed by atoms with van der Waals surface area (Å²) in [6, 6.07) is 22.9. The lowest BCUT2D eigenvalue weighted by Crippen LogP contribution is -1.90. The van der Waals surface area contributed by atoms with E-state index in [0.717, 1.165) is 45.6 Å². The molecule has 0 aliphatic rings. The summed E-state index contributed by atoms with van der Waals surface area (Å²) in [5.41, 5.74) is 6.72. The zero-order valence-corrected chi connectivity index (χ0v) is 14.6. The lowest BCUT2D eigenvalue weighted by Gasteiger charge is -2.12. The molecular formula is C23H19S. The first-order valence-corrected chi connectivity index (χ1v) is 8.60. The topological polar surface area (TPSA) is 0 Å². The van der Waals surface area contributed by atoms with Crippen LogP contribution in [0.3, 0.4) is 0 Å². The van der Waals surface area contributed by atoms with E-state index in [2.05, 4.69) is 55.3 Å². The maximum Gasteiger partial charge on any atom is 0.0399 e. The molecule has 24 heavy (non-hydrogen) atoms. The zero-order chi connectivity index (χ0) is 16.9. The standard InChI is InChI=1S/C23H19S/c1-3-6-17-9-11-18(12-10-17)22-7-5-8-23(21(22)4-2)19-13-15-20(24)16-14-19/h2,5,7-16H,3,6H2,1H3. The predicted molar refractivity (Wildman–Crippen MR) is 105 cm³/mol. The van der Waals surface area contributed by atoms with E-state index in [1.807, 2.05) is 24.3 Å². The van der Waals surface area contributed by atoms with E-state index in [1.165, 1.54) is 5.56 Å². The molecule has 3 rings (SSSR count). The van der Waals surface area contributed by atoms with Crippen LogP contribution >= 0.6 is 12.6 Å². The van der Waals surface area contributed by atoms with Gasteiger partial charge in [0.1, 0.15) is 0 Å². The normalized spacial score (nSPS) is 10.3. The highest BCUT2D eigenvalue weighted by molar-refractivity contribution is 7.80. The molecule has 0 amide bonds. The highest BCUT2D eigenvalue weighted by Crippen LogP contribution is 2.32. The van der Waals surface area contributed by atoms with Gasteiger partial charge in [-0.15, -0.1) is 6.42 Å². The Balaban J connectivity index is 2.07. The fourth-order valence-electron chi connectivity index (χ4n) is 2.96. The van der Waals surface area contributed by atoms with Gasteiger partial charge in [0, 0.05) is 10.5 Å². The van der Waals surface area contributed by atoms with Gasteiger partial charge in [-0.1, -0.05) is 86.5 Å². The number of hydrogen-bond donors (Lipinski definition) is 0. The molecule has 3 aromatic rings. The van der Waals surface area contributed by atoms with Crippen LogP contribution in [0.25, 0.3) is 22.3 Å². The largest absolute Gasteiger partial charge is 0.115 e. The van der Waals surface area contributed by atoms with Gasteiger partial charge in [0.2, 0.25) is 0 Å². The minimum Gasteiger partial charge on any atom is -0.115 e. The predicted octanol–water partition coefficient (Wildman–Crippen LogP) is 6.51. The first kappa shape index (κ1) is 16.3. The molecule has 0 nitrogen and oxygen atoms in total. The van der Waals surface area contributed by atoms with Crippen LogP contribution in [0.15, 0.2) is 71.6 Å². The lowest BCUT2D eigenvalue weighted by atomic mass is 9.91. The van der Waals surface area contributed by atoms with E-state index < -0.39 is 0 Å². The molecule has 0 heterocycles. The molecule has 0 bridgehead atoms. The van der Waals surface area contributed by atoms with Crippen molar-refractivity contribution in [3.8, 4) is 34.6 Å². The monoisotopic (exact) mass is 327 g/mol. The van der Waals surface area contributed by atoms with E-state index in [0.29, 0.717) is 0 Å². The van der Waals surface area contributed by atoms with Crippen LogP contribution in [0.2, 0.25) is 0 Å².